The van der Waals surface area contributed by atoms with Crippen molar-refractivity contribution >= 4 is 11.7 Å². The molecular weight excluding hydrogens is 158 g/mol. The predicted molar refractivity (Wildman–Crippen MR) is 43.7 cm³/mol. The molecule has 4 nitrogen and oxygen atoms in total. The topological polar surface area (TPSA) is 58.9 Å². The van der Waals surface area contributed by atoms with Crippen molar-refractivity contribution < 1.29 is 14.7 Å². The maximum Gasteiger partial charge on any atom is 0.303 e. The van der Waals surface area contributed by atoms with Crippen LogP contribution in [-0.4, -0.2) is 16.8 Å². The largest absolute Gasteiger partial charge is 0.481 e. The monoisotopic (exact) mass is 167 g/mol. The lowest BCUT2D eigenvalue weighted by atomic mass is 10.2. The lowest BCUT2D eigenvalue weighted by Gasteiger charge is -1.94. The molecule has 1 aliphatic rings. The van der Waals surface area contributed by atoms with Crippen LogP contribution in [0.25, 0.3) is 0 Å². The predicted octanol–water partition coefficient (Wildman–Crippen LogP) is 1.31. The van der Waals surface area contributed by atoms with E-state index in [1.54, 1.807) is 18.2 Å². The van der Waals surface area contributed by atoms with E-state index in [1.807, 2.05) is 0 Å². The van der Waals surface area contributed by atoms with Gasteiger partial charge in [0.15, 0.2) is 0 Å². The van der Waals surface area contributed by atoms with E-state index in [0.29, 0.717) is 12.1 Å². The minimum absolute atomic E-state index is 0.0759. The number of oxime groups is 1. The molecule has 4 heteroatoms. The van der Waals surface area contributed by atoms with Crippen LogP contribution in [0.15, 0.2) is 29.6 Å². The molecule has 0 unspecified atom stereocenters. The second-order valence-corrected chi connectivity index (χ2v) is 2.27. The lowest BCUT2D eigenvalue weighted by Crippen LogP contribution is -2.00. The second kappa shape index (κ2) is 4.33. The fraction of sp³-hybridized carbons (Fsp3) is 0.250. The number of carboxylic acids is 1. The van der Waals surface area contributed by atoms with Crippen molar-refractivity contribution in [1.82, 2.24) is 0 Å². The first-order valence-electron chi connectivity index (χ1n) is 3.57. The SMILES string of the molecule is O=C(O)CCC1=NOC=CC=C1. The first-order chi connectivity index (χ1) is 5.79. The highest BCUT2D eigenvalue weighted by Gasteiger charge is 2.01. The van der Waals surface area contributed by atoms with Gasteiger partial charge in [-0.1, -0.05) is 11.2 Å². The third-order valence-corrected chi connectivity index (χ3v) is 1.30. The lowest BCUT2D eigenvalue weighted by molar-refractivity contribution is -0.136. The van der Waals surface area contributed by atoms with E-state index in [-0.39, 0.29) is 6.42 Å². The summed E-state index contributed by atoms with van der Waals surface area (Å²) in [4.78, 5) is 14.9. The summed E-state index contributed by atoms with van der Waals surface area (Å²) in [5, 5.41) is 12.1. The molecule has 12 heavy (non-hydrogen) atoms. The van der Waals surface area contributed by atoms with Gasteiger partial charge in [-0.3, -0.25) is 4.79 Å². The molecule has 0 bridgehead atoms. The molecule has 1 aliphatic heterocycles. The van der Waals surface area contributed by atoms with E-state index >= 15 is 0 Å². The molecule has 0 aromatic carbocycles. The molecule has 0 radical (unpaired) electrons. The minimum atomic E-state index is -0.830. The molecule has 1 rings (SSSR count). The highest BCUT2D eigenvalue weighted by molar-refractivity contribution is 5.96. The average molecular weight is 167 g/mol. The molecule has 1 heterocycles. The summed E-state index contributed by atoms with van der Waals surface area (Å²) in [6.45, 7) is 0. The van der Waals surface area contributed by atoms with E-state index in [1.165, 1.54) is 6.26 Å². The molecule has 0 spiro atoms. The van der Waals surface area contributed by atoms with Gasteiger partial charge in [0.25, 0.3) is 0 Å². The number of hydrogen-bond acceptors (Lipinski definition) is 3. The summed E-state index contributed by atoms with van der Waals surface area (Å²) in [5.74, 6) is -0.830. The van der Waals surface area contributed by atoms with Crippen molar-refractivity contribution in [2.45, 2.75) is 12.8 Å². The maximum atomic E-state index is 10.2. The number of carboxylic acid groups (broad SMARTS) is 1. The Kier molecular flexibility index (Phi) is 3.07. The Morgan fingerprint density at radius 1 is 1.58 bits per heavy atom. The first-order valence-corrected chi connectivity index (χ1v) is 3.57. The van der Waals surface area contributed by atoms with Gasteiger partial charge in [0.05, 0.1) is 12.1 Å². The van der Waals surface area contributed by atoms with Gasteiger partial charge in [0, 0.05) is 6.42 Å². The Balaban J connectivity index is 2.42. The number of aliphatic carboxylic acids is 1. The van der Waals surface area contributed by atoms with Crippen molar-refractivity contribution in [1.29, 1.82) is 0 Å². The van der Waals surface area contributed by atoms with Crippen LogP contribution in [-0.2, 0) is 9.63 Å². The quantitative estimate of drug-likeness (QED) is 0.689. The summed E-state index contributed by atoms with van der Waals surface area (Å²) in [6, 6.07) is 0. The van der Waals surface area contributed by atoms with Crippen LogP contribution in [0.3, 0.4) is 0 Å². The normalized spacial score (nSPS) is 14.8. The average Bonchev–Trinajstić information content (AvgIpc) is 2.28. The Morgan fingerprint density at radius 2 is 2.42 bits per heavy atom. The zero-order valence-electron chi connectivity index (χ0n) is 6.43. The van der Waals surface area contributed by atoms with Crippen molar-refractivity contribution in [2.75, 3.05) is 0 Å². The van der Waals surface area contributed by atoms with Gasteiger partial charge in [-0.2, -0.15) is 0 Å². The molecule has 0 aromatic heterocycles. The Bertz CT molecular complexity index is 253. The third kappa shape index (κ3) is 3.01. The van der Waals surface area contributed by atoms with Gasteiger partial charge < -0.3 is 9.94 Å². The molecule has 0 amide bonds. The maximum absolute atomic E-state index is 10.2. The Labute approximate surface area is 69.8 Å². The minimum Gasteiger partial charge on any atom is -0.481 e. The molecule has 0 saturated carbocycles. The number of nitrogens with zero attached hydrogens (tertiary/aromatic N) is 1. The fourth-order valence-electron chi connectivity index (χ4n) is 0.740. The van der Waals surface area contributed by atoms with Gasteiger partial charge in [-0.25, -0.2) is 0 Å². The van der Waals surface area contributed by atoms with Gasteiger partial charge >= 0.3 is 5.97 Å². The van der Waals surface area contributed by atoms with Crippen molar-refractivity contribution in [2.24, 2.45) is 5.16 Å². The van der Waals surface area contributed by atoms with Crippen molar-refractivity contribution in [3.05, 3.63) is 24.5 Å². The van der Waals surface area contributed by atoms with E-state index in [9.17, 15) is 4.79 Å². The number of allylic oxidation sites excluding steroid dienone is 3. The molecule has 0 fully saturated rings. The summed E-state index contributed by atoms with van der Waals surface area (Å²) < 4.78 is 0. The van der Waals surface area contributed by atoms with Crippen LogP contribution in [0, 0.1) is 0 Å². The highest BCUT2D eigenvalue weighted by Crippen LogP contribution is 2.00. The van der Waals surface area contributed by atoms with Gasteiger partial charge in [0.2, 0.25) is 0 Å². The number of carbonyl (C=O) groups is 1. The summed E-state index contributed by atoms with van der Waals surface area (Å²) in [5.41, 5.74) is 0.641. The van der Waals surface area contributed by atoms with Crippen LogP contribution < -0.4 is 0 Å². The third-order valence-electron chi connectivity index (χ3n) is 1.30. The number of rotatable bonds is 3. The van der Waals surface area contributed by atoms with Gasteiger partial charge in [-0.05, 0) is 12.2 Å². The highest BCUT2D eigenvalue weighted by atomic mass is 16.6. The van der Waals surface area contributed by atoms with Crippen LogP contribution in [0.4, 0.5) is 0 Å². The van der Waals surface area contributed by atoms with Crippen LogP contribution in [0.5, 0.6) is 0 Å². The summed E-state index contributed by atoms with van der Waals surface area (Å²) >= 11 is 0. The van der Waals surface area contributed by atoms with Crippen molar-refractivity contribution in [3.8, 4) is 0 Å². The van der Waals surface area contributed by atoms with E-state index in [2.05, 4.69) is 5.16 Å². The molecule has 1 N–H and O–H groups in total. The number of hydrogen-bond donors (Lipinski definition) is 1. The Morgan fingerprint density at radius 3 is 3.17 bits per heavy atom. The zero-order chi connectivity index (χ0) is 8.81. The molecular formula is C8H9NO3. The smallest absolute Gasteiger partial charge is 0.303 e. The van der Waals surface area contributed by atoms with Crippen LogP contribution in [0.2, 0.25) is 0 Å². The molecule has 64 valence electrons. The molecule has 0 saturated heterocycles. The molecule has 0 atom stereocenters. The summed E-state index contributed by atoms with van der Waals surface area (Å²) in [7, 11) is 0. The van der Waals surface area contributed by atoms with Crippen LogP contribution >= 0.6 is 0 Å². The van der Waals surface area contributed by atoms with E-state index in [4.69, 9.17) is 9.94 Å². The fourth-order valence-corrected chi connectivity index (χ4v) is 0.740. The zero-order valence-corrected chi connectivity index (χ0v) is 6.43. The second-order valence-electron chi connectivity index (χ2n) is 2.27. The van der Waals surface area contributed by atoms with E-state index in [0.717, 1.165) is 0 Å². The summed E-state index contributed by atoms with van der Waals surface area (Å²) in [6.07, 6.45) is 7.09. The first kappa shape index (κ1) is 8.52. The standard InChI is InChI=1S/C8H9NO3/c10-8(11)5-4-7-3-1-2-6-12-9-7/h1-3,6H,4-5H2,(H,10,11). The van der Waals surface area contributed by atoms with E-state index < -0.39 is 5.97 Å². The Hall–Kier alpha value is -1.58. The van der Waals surface area contributed by atoms with Crippen LogP contribution in [0.1, 0.15) is 12.8 Å². The molecule has 0 aromatic rings. The molecule has 0 aliphatic carbocycles. The van der Waals surface area contributed by atoms with Crippen molar-refractivity contribution in [3.63, 3.8) is 0 Å². The van der Waals surface area contributed by atoms with Gasteiger partial charge in [-0.15, -0.1) is 0 Å². The van der Waals surface area contributed by atoms with Gasteiger partial charge in [0.1, 0.15) is 6.26 Å².